The van der Waals surface area contributed by atoms with Crippen LogP contribution in [0.15, 0.2) is 0 Å². The van der Waals surface area contributed by atoms with Gasteiger partial charge in [-0.3, -0.25) is 0 Å². The van der Waals surface area contributed by atoms with Crippen LogP contribution < -0.4 is 18.9 Å². The SMILES string of the molecule is O.O.O.[H-].[Li+]. The predicted molar refractivity (Wildman–Crippen MR) is 12.0 cm³/mol. The third-order valence-corrected chi connectivity index (χ3v) is 0. The fourth-order valence-corrected chi connectivity index (χ4v) is 0. The monoisotopic (exact) mass is 62.1 g/mol. The molecule has 0 fully saturated rings. The van der Waals surface area contributed by atoms with Gasteiger partial charge in [-0.15, -0.1) is 0 Å². The maximum atomic E-state index is 0. The third-order valence-electron chi connectivity index (χ3n) is 0. The van der Waals surface area contributed by atoms with E-state index in [0.29, 0.717) is 0 Å². The first-order valence-electron chi connectivity index (χ1n) is 0. The van der Waals surface area contributed by atoms with E-state index >= 15 is 0 Å². The van der Waals surface area contributed by atoms with Crippen molar-refractivity contribution >= 4 is 0 Å². The van der Waals surface area contributed by atoms with Gasteiger partial charge in [0.15, 0.2) is 0 Å². The summed E-state index contributed by atoms with van der Waals surface area (Å²) in [5.74, 6) is 0. The Hall–Kier alpha value is 0.477. The minimum Gasteiger partial charge on any atom is -1.00 e. The first-order chi connectivity index (χ1) is 0. The van der Waals surface area contributed by atoms with E-state index in [-0.39, 0.29) is 36.7 Å². The summed E-state index contributed by atoms with van der Waals surface area (Å²) in [6, 6.07) is 0. The molecule has 3 nitrogen and oxygen atoms in total. The van der Waals surface area contributed by atoms with Crippen molar-refractivity contribution in [2.45, 2.75) is 0 Å². The molecule has 4 heteroatoms. The van der Waals surface area contributed by atoms with Crippen molar-refractivity contribution in [3.05, 3.63) is 0 Å². The predicted octanol–water partition coefficient (Wildman–Crippen LogP) is -5.36. The van der Waals surface area contributed by atoms with Crippen molar-refractivity contribution in [2.24, 2.45) is 0 Å². The Bertz CT molecular complexity index is 6.85. The molecule has 0 atom stereocenters. The zero-order chi connectivity index (χ0) is 0. The second-order valence-corrected chi connectivity index (χ2v) is 0. The van der Waals surface area contributed by atoms with Gasteiger partial charge in [0.2, 0.25) is 0 Å². The molecule has 0 radical (unpaired) electrons. The van der Waals surface area contributed by atoms with Crippen molar-refractivity contribution < 1.29 is 36.7 Å². The molecule has 0 saturated heterocycles. The van der Waals surface area contributed by atoms with Gasteiger partial charge in [-0.05, 0) is 0 Å². The van der Waals surface area contributed by atoms with Crippen molar-refractivity contribution in [3.8, 4) is 0 Å². The van der Waals surface area contributed by atoms with Gasteiger partial charge in [-0.25, -0.2) is 0 Å². The molecular formula is H7LiO3. The Kier molecular flexibility index (Phi) is 5560. The van der Waals surface area contributed by atoms with E-state index in [1.165, 1.54) is 0 Å². The Morgan fingerprint density at radius 2 is 0.750 bits per heavy atom. The summed E-state index contributed by atoms with van der Waals surface area (Å²) in [7, 11) is 0. The zero-order valence-corrected chi connectivity index (χ0v) is 2.50. The van der Waals surface area contributed by atoms with Gasteiger partial charge in [0.05, 0.1) is 0 Å². The summed E-state index contributed by atoms with van der Waals surface area (Å²) in [5, 5.41) is 0. The van der Waals surface area contributed by atoms with Crippen LogP contribution in [0, 0.1) is 0 Å². The maximum Gasteiger partial charge on any atom is 1.00 e. The van der Waals surface area contributed by atoms with Crippen molar-refractivity contribution in [1.82, 2.24) is 0 Å². The topological polar surface area (TPSA) is 94.5 Å². The Balaban J connectivity index is 0. The van der Waals surface area contributed by atoms with Crippen LogP contribution >= 0.6 is 0 Å². The van der Waals surface area contributed by atoms with Gasteiger partial charge in [0.1, 0.15) is 0 Å². The van der Waals surface area contributed by atoms with E-state index < -0.39 is 0 Å². The summed E-state index contributed by atoms with van der Waals surface area (Å²) in [6.45, 7) is 0. The van der Waals surface area contributed by atoms with Gasteiger partial charge in [-0.2, -0.15) is 0 Å². The van der Waals surface area contributed by atoms with Gasteiger partial charge < -0.3 is 17.9 Å². The molecule has 0 saturated carbocycles. The number of hydrogen-bond acceptors (Lipinski definition) is 0. The van der Waals surface area contributed by atoms with Crippen LogP contribution in [0.4, 0.5) is 0 Å². The zero-order valence-electron chi connectivity index (χ0n) is 3.50. The minimum atomic E-state index is 0. The molecule has 0 aliphatic heterocycles. The molecule has 0 amide bonds. The summed E-state index contributed by atoms with van der Waals surface area (Å²) in [4.78, 5) is 0. The first-order valence-corrected chi connectivity index (χ1v) is 0. The van der Waals surface area contributed by atoms with Crippen LogP contribution in [0.5, 0.6) is 0 Å². The fraction of sp³-hybridized carbons (Fsp3) is 0. The third kappa shape index (κ3) is 23.7. The van der Waals surface area contributed by atoms with E-state index in [9.17, 15) is 0 Å². The first kappa shape index (κ1) is 238. The average molecular weight is 62.0 g/mol. The summed E-state index contributed by atoms with van der Waals surface area (Å²) in [5.41, 5.74) is 0. The summed E-state index contributed by atoms with van der Waals surface area (Å²) >= 11 is 0. The van der Waals surface area contributed by atoms with E-state index in [0.717, 1.165) is 0 Å². The van der Waals surface area contributed by atoms with E-state index in [1.807, 2.05) is 0 Å². The second-order valence-electron chi connectivity index (χ2n) is 0. The van der Waals surface area contributed by atoms with Crippen molar-refractivity contribution in [2.75, 3.05) is 0 Å². The molecule has 0 aromatic rings. The quantitative estimate of drug-likeness (QED) is 0.250. The van der Waals surface area contributed by atoms with Gasteiger partial charge in [0, 0.05) is 0 Å². The standard InChI is InChI=1S/Li.3H2O.H/h;3*1H2;/q+1;;;;-1. The van der Waals surface area contributed by atoms with Gasteiger partial charge in [-0.1, -0.05) is 0 Å². The van der Waals surface area contributed by atoms with E-state index in [4.69, 9.17) is 0 Å². The van der Waals surface area contributed by atoms with Crippen LogP contribution in [-0.2, 0) is 0 Å². The molecule has 0 bridgehead atoms. The van der Waals surface area contributed by atoms with Crippen molar-refractivity contribution in [3.63, 3.8) is 0 Å². The molecule has 0 unspecified atom stereocenters. The molecule has 6 N–H and O–H groups in total. The Morgan fingerprint density at radius 3 is 0.750 bits per heavy atom. The van der Waals surface area contributed by atoms with Gasteiger partial charge in [0.25, 0.3) is 0 Å². The summed E-state index contributed by atoms with van der Waals surface area (Å²) in [6.07, 6.45) is 0. The molecule has 0 rings (SSSR count). The molecule has 4 heavy (non-hydrogen) atoms. The van der Waals surface area contributed by atoms with Crippen LogP contribution in [-0.4, -0.2) is 16.4 Å². The molecule has 0 spiro atoms. The van der Waals surface area contributed by atoms with E-state index in [2.05, 4.69) is 0 Å². The normalized spacial score (nSPS) is 0. The largest absolute Gasteiger partial charge is 1.00 e. The molecule has 0 aliphatic rings. The second kappa shape index (κ2) is 93.6. The maximum absolute atomic E-state index is 0. The van der Waals surface area contributed by atoms with Crippen LogP contribution in [0.1, 0.15) is 1.43 Å². The average Bonchev–Trinajstić information content (AvgIpc) is 0. The fourth-order valence-electron chi connectivity index (χ4n) is 0. The molecular weight excluding hydrogens is 54.9 g/mol. The molecule has 0 aromatic carbocycles. The smallest absolute Gasteiger partial charge is 1.00 e. The number of hydrogen-bond donors (Lipinski definition) is 0. The molecule has 0 aliphatic carbocycles. The summed E-state index contributed by atoms with van der Waals surface area (Å²) < 4.78 is 0. The molecule has 0 aromatic heterocycles. The van der Waals surface area contributed by atoms with Crippen LogP contribution in [0.3, 0.4) is 0 Å². The number of rotatable bonds is 0. The minimum absolute atomic E-state index is 0. The van der Waals surface area contributed by atoms with Crippen LogP contribution in [0.25, 0.3) is 0 Å². The molecule has 26 valence electrons. The molecule has 0 heterocycles. The van der Waals surface area contributed by atoms with Crippen LogP contribution in [0.2, 0.25) is 0 Å². The Labute approximate surface area is 37.6 Å². The van der Waals surface area contributed by atoms with Crippen molar-refractivity contribution in [1.29, 1.82) is 0 Å². The Morgan fingerprint density at radius 1 is 0.750 bits per heavy atom. The van der Waals surface area contributed by atoms with Gasteiger partial charge >= 0.3 is 18.9 Å². The van der Waals surface area contributed by atoms with E-state index in [1.54, 1.807) is 0 Å².